The van der Waals surface area contributed by atoms with Gasteiger partial charge in [0.25, 0.3) is 0 Å². The summed E-state index contributed by atoms with van der Waals surface area (Å²) < 4.78 is 23.3. The molecule has 3 aliphatic heterocycles. The van der Waals surface area contributed by atoms with Crippen molar-refractivity contribution >= 4 is 68.7 Å². The van der Waals surface area contributed by atoms with Gasteiger partial charge in [0.2, 0.25) is 17.7 Å². The number of esters is 1. The van der Waals surface area contributed by atoms with Gasteiger partial charge < -0.3 is 39.2 Å². The number of aliphatic hydroxyl groups is 1. The molecule has 4 amide bonds. The molecular weight excluding hydrogens is 844 g/mol. The minimum absolute atomic E-state index is 0.00811. The number of epoxide rings is 1. The van der Waals surface area contributed by atoms with Gasteiger partial charge in [0.1, 0.15) is 29.6 Å². The van der Waals surface area contributed by atoms with E-state index in [1.54, 1.807) is 63.7 Å². The van der Waals surface area contributed by atoms with E-state index >= 15 is 0 Å². The first kappa shape index (κ1) is 50.4. The average Bonchev–Trinajstić information content (AvgIpc) is 3.90. The normalized spacial score (nSPS) is 29.7. The molecule has 2 saturated heterocycles. The van der Waals surface area contributed by atoms with Gasteiger partial charge in [0, 0.05) is 69.9 Å². The van der Waals surface area contributed by atoms with E-state index in [9.17, 15) is 29.1 Å². The third-order valence-corrected chi connectivity index (χ3v) is 16.0. The van der Waals surface area contributed by atoms with Crippen molar-refractivity contribution in [2.24, 2.45) is 11.8 Å². The van der Waals surface area contributed by atoms with Crippen LogP contribution in [0, 0.1) is 18.8 Å². The number of nitrogens with zero attached hydrogens (tertiary/aromatic N) is 2. The molecule has 0 spiro atoms. The Morgan fingerprint density at radius 1 is 1.21 bits per heavy atom. The van der Waals surface area contributed by atoms with E-state index < -0.39 is 64.3 Å². The summed E-state index contributed by atoms with van der Waals surface area (Å²) in [7, 11) is 9.63. The van der Waals surface area contributed by atoms with E-state index in [2.05, 4.69) is 10.6 Å². The second-order valence-corrected chi connectivity index (χ2v) is 20.6. The Labute approximate surface area is 374 Å². The molecule has 0 aromatic heterocycles. The maximum absolute atomic E-state index is 14.3. The molecule has 9 atom stereocenters. The molecule has 2 fully saturated rings. The number of anilines is 1. The maximum atomic E-state index is 14.3. The molecule has 1 aromatic carbocycles. The second kappa shape index (κ2) is 21.4. The zero-order chi connectivity index (χ0) is 45.4. The number of rotatable bonds is 14. The minimum atomic E-state index is -1.62. The van der Waals surface area contributed by atoms with Crippen LogP contribution in [-0.2, 0) is 44.5 Å². The van der Waals surface area contributed by atoms with E-state index in [1.807, 2.05) is 65.0 Å². The van der Waals surface area contributed by atoms with E-state index in [4.69, 9.17) is 30.5 Å². The molecule has 3 heterocycles. The molecule has 3 aliphatic rings. The minimum Gasteiger partial charge on any atom is -0.457 e. The lowest BCUT2D eigenvalue weighted by Crippen LogP contribution is -2.60. The molecule has 4 rings (SSSR count). The molecule has 0 radical (unpaired) electrons. The first-order chi connectivity index (χ1) is 28.6. The number of halogens is 1. The number of methoxy groups -OCH3 is 1. The van der Waals surface area contributed by atoms with Gasteiger partial charge in [0.05, 0.1) is 29.8 Å². The van der Waals surface area contributed by atoms with Crippen LogP contribution in [0.5, 0.6) is 0 Å². The van der Waals surface area contributed by atoms with Crippen molar-refractivity contribution in [3.05, 3.63) is 52.1 Å². The van der Waals surface area contributed by atoms with E-state index in [0.29, 0.717) is 36.6 Å². The predicted molar refractivity (Wildman–Crippen MR) is 240 cm³/mol. The summed E-state index contributed by atoms with van der Waals surface area (Å²) in [6.07, 6.45) is 4.44. The zero-order valence-corrected chi connectivity index (χ0v) is 39.8. The summed E-state index contributed by atoms with van der Waals surface area (Å²) in [4.78, 5) is 69.2. The Morgan fingerprint density at radius 3 is 2.59 bits per heavy atom. The number of aryl methyl sites for hydroxylation is 1. The lowest BCUT2D eigenvalue weighted by atomic mass is 9.82. The van der Waals surface area contributed by atoms with Gasteiger partial charge in [-0.3, -0.25) is 19.7 Å². The molecule has 4 bridgehead atoms. The number of alkyl carbamates (subject to hydrolysis) is 1. The van der Waals surface area contributed by atoms with Crippen LogP contribution >= 0.6 is 33.2 Å². The molecule has 14 nitrogen and oxygen atoms in total. The van der Waals surface area contributed by atoms with Gasteiger partial charge in [-0.05, 0) is 71.1 Å². The molecular formula is C44H65ClN4O10S2. The topological polar surface area (TPSA) is 176 Å². The smallest absolute Gasteiger partial charge is 0.409 e. The number of fused-ring (bicyclic) bond motifs is 5. The highest BCUT2D eigenvalue weighted by Crippen LogP contribution is 2.49. The third-order valence-electron chi connectivity index (χ3n) is 12.2. The number of hydrogen-bond acceptors (Lipinski definition) is 12. The fourth-order valence-corrected chi connectivity index (χ4v) is 10.8. The van der Waals surface area contributed by atoms with Gasteiger partial charge in [-0.2, -0.15) is 0 Å². The highest BCUT2D eigenvalue weighted by atomic mass is 35.5. The molecule has 1 unspecified atom stereocenters. The predicted octanol–water partition coefficient (Wildman–Crippen LogP) is 6.53. The van der Waals surface area contributed by atoms with E-state index in [0.717, 1.165) is 28.9 Å². The Hall–Kier alpha value is -3.28. The van der Waals surface area contributed by atoms with Crippen molar-refractivity contribution < 1.29 is 48.0 Å². The van der Waals surface area contributed by atoms with Gasteiger partial charge >= 0.3 is 12.1 Å². The zero-order valence-electron chi connectivity index (χ0n) is 37.4. The number of hydrogen-bond donors (Lipinski definition) is 3. The van der Waals surface area contributed by atoms with E-state index in [1.165, 1.54) is 9.80 Å². The Morgan fingerprint density at radius 2 is 1.92 bits per heavy atom. The van der Waals surface area contributed by atoms with Crippen LogP contribution in [-0.4, -0.2) is 121 Å². The number of benzene rings is 1. The van der Waals surface area contributed by atoms with Gasteiger partial charge in [-0.25, -0.2) is 9.59 Å². The SMILES string of the molecule is CNC(=O)CCCSSC(C)(CCC(=O)N(C)[C@@H](C)C(=O)O[C@H]1CC(=O)N(C)c2cc(cc(C)c2Cl)C/C(C)=C/C=C/[C@@H](C)[C@@]2(O)C[C@H](OC(=O)N2)[C@@H](C)[C@@H]2O[C@@]12C)COC. The average molecular weight is 910 g/mol. The third kappa shape index (κ3) is 12.9. The van der Waals surface area contributed by atoms with E-state index in [-0.39, 0.29) is 37.0 Å². The summed E-state index contributed by atoms with van der Waals surface area (Å²) in [5.74, 6) is -1.60. The quantitative estimate of drug-likeness (QED) is 0.0798. The first-order valence-electron chi connectivity index (χ1n) is 20.8. The summed E-state index contributed by atoms with van der Waals surface area (Å²) in [6, 6.07) is 2.82. The van der Waals surface area contributed by atoms with Crippen LogP contribution < -0.4 is 15.5 Å². The highest BCUT2D eigenvalue weighted by Gasteiger charge is 2.64. The Balaban J connectivity index is 1.58. The molecule has 340 valence electrons. The molecule has 3 N–H and O–H groups in total. The van der Waals surface area contributed by atoms with Crippen molar-refractivity contribution in [1.82, 2.24) is 15.5 Å². The molecule has 17 heteroatoms. The monoisotopic (exact) mass is 908 g/mol. The standard InChI is InChI=1S/C44H65ClN4O10S2/c1-26-14-12-15-28(3)44(55)24-33(57-41(54)47-44)29(4)39-43(7,59-39)34(23-37(52)49(10)32-22-31(20-26)21-27(2)38(32)45)58-40(53)30(5)48(9)36(51)17-18-42(6,25-56-11)61-60-19-13-16-35(50)46-8/h12,14-15,21-22,28-30,33-34,39,55H,13,16-20,23-25H2,1-11H3,(H,46,50)(H,47,54)/b15-12+,26-14+/t28-,29-,30+,33+,34+,39+,42?,43+,44+/m1/s1. The van der Waals surface area contributed by atoms with Crippen LogP contribution in [0.25, 0.3) is 0 Å². The Bertz CT molecular complexity index is 1850. The molecule has 61 heavy (non-hydrogen) atoms. The largest absolute Gasteiger partial charge is 0.457 e. The van der Waals surface area contributed by atoms with Gasteiger partial charge in [0.15, 0.2) is 0 Å². The number of allylic oxidation sites excluding steroid dienone is 3. The number of carbonyl (C=O) groups excluding carboxylic acids is 5. The summed E-state index contributed by atoms with van der Waals surface area (Å²) in [6.45, 7) is 13.3. The Kier molecular flexibility index (Phi) is 17.7. The number of likely N-dealkylation sites (N-methyl/N-ethyl adjacent to an activating group) is 1. The molecule has 0 aliphatic carbocycles. The van der Waals surface area contributed by atoms with Crippen LogP contribution in [0.2, 0.25) is 5.02 Å². The lowest BCUT2D eigenvalue weighted by Gasteiger charge is -2.41. The number of ether oxygens (including phenoxy) is 4. The van der Waals surface area contributed by atoms with Crippen LogP contribution in [0.1, 0.15) is 91.2 Å². The van der Waals surface area contributed by atoms with Gasteiger partial charge in [-0.15, -0.1) is 0 Å². The number of nitrogens with one attached hydrogen (secondary N) is 2. The number of carbonyl (C=O) groups is 5. The van der Waals surface area contributed by atoms with Crippen LogP contribution in [0.3, 0.4) is 0 Å². The first-order valence-corrected chi connectivity index (χ1v) is 23.5. The summed E-state index contributed by atoms with van der Waals surface area (Å²) in [5.41, 5.74) is 0.415. The van der Waals surface area contributed by atoms with Crippen LogP contribution in [0.4, 0.5) is 10.5 Å². The fraction of sp³-hybridized carbons (Fsp3) is 0.659. The van der Waals surface area contributed by atoms with Crippen molar-refractivity contribution in [1.29, 1.82) is 0 Å². The van der Waals surface area contributed by atoms with Gasteiger partial charge in [-0.1, -0.05) is 76.9 Å². The van der Waals surface area contributed by atoms with Crippen molar-refractivity contribution in [2.75, 3.05) is 45.5 Å². The molecule has 1 aromatic rings. The van der Waals surface area contributed by atoms with Crippen LogP contribution in [0.15, 0.2) is 35.9 Å². The van der Waals surface area contributed by atoms with Crippen molar-refractivity contribution in [3.63, 3.8) is 0 Å². The summed E-state index contributed by atoms with van der Waals surface area (Å²) in [5, 5.41) is 17.4. The molecule has 0 saturated carbocycles. The second-order valence-electron chi connectivity index (χ2n) is 17.2. The lowest BCUT2D eigenvalue weighted by molar-refractivity contribution is -0.162. The summed E-state index contributed by atoms with van der Waals surface area (Å²) >= 11 is 6.82. The van der Waals surface area contributed by atoms with Crippen molar-refractivity contribution in [2.45, 2.75) is 134 Å². The number of amides is 4. The maximum Gasteiger partial charge on any atom is 0.409 e. The highest BCUT2D eigenvalue weighted by molar-refractivity contribution is 8.77. The fourth-order valence-electron chi connectivity index (χ4n) is 7.75. The van der Waals surface area contributed by atoms with Crippen molar-refractivity contribution in [3.8, 4) is 0 Å².